The predicted octanol–water partition coefficient (Wildman–Crippen LogP) is 4.13. The molecule has 4 nitrogen and oxygen atoms in total. The molecule has 0 saturated heterocycles. The van der Waals surface area contributed by atoms with Gasteiger partial charge in [0.25, 0.3) is 0 Å². The molecule has 4 heteroatoms. The van der Waals surface area contributed by atoms with E-state index < -0.39 is 5.97 Å². The van der Waals surface area contributed by atoms with E-state index in [2.05, 4.69) is 19.6 Å². The molecule has 0 aliphatic heterocycles. The Labute approximate surface area is 178 Å². The number of rotatable bonds is 14. The van der Waals surface area contributed by atoms with Gasteiger partial charge in [-0.3, -0.25) is 0 Å². The van der Waals surface area contributed by atoms with Gasteiger partial charge in [-0.1, -0.05) is 83.8 Å². The number of aliphatic hydroxyl groups excluding tert-OH is 1. The zero-order chi connectivity index (χ0) is 22.1. The molecule has 0 aromatic heterocycles. The van der Waals surface area contributed by atoms with Gasteiger partial charge in [-0.2, -0.15) is 0 Å². The van der Waals surface area contributed by atoms with E-state index in [1.165, 1.54) is 62.5 Å². The second kappa shape index (κ2) is 17.5. The number of aromatic carboxylic acids is 1. The van der Waals surface area contributed by atoms with Gasteiger partial charge in [0.2, 0.25) is 0 Å². The summed E-state index contributed by atoms with van der Waals surface area (Å²) in [6.07, 6.45) is 14.6. The van der Waals surface area contributed by atoms with Gasteiger partial charge < -0.3 is 20.7 Å². The molecule has 0 fully saturated rings. The lowest BCUT2D eigenvalue weighted by Crippen LogP contribution is -2.55. The summed E-state index contributed by atoms with van der Waals surface area (Å²) in [5, 5.41) is 20.1. The fourth-order valence-electron chi connectivity index (χ4n) is 3.51. The van der Waals surface area contributed by atoms with Crippen molar-refractivity contribution in [3.63, 3.8) is 0 Å². The van der Waals surface area contributed by atoms with Crippen LogP contribution in [0, 0.1) is 13.8 Å². The molecule has 1 aromatic carbocycles. The number of aliphatic hydroxyl groups is 1. The molecule has 0 radical (unpaired) electrons. The SMILES string of the molecule is CCCCCCCCCCC(O)C[NH3+].CCCCc1c(C)ccc(C(=O)[O-])c1C. The number of unbranched alkanes of at least 4 members (excludes halogenated alkanes) is 8. The Hall–Kier alpha value is -1.39. The third-order valence-electron chi connectivity index (χ3n) is 5.56. The minimum Gasteiger partial charge on any atom is -0.545 e. The van der Waals surface area contributed by atoms with Gasteiger partial charge in [0.1, 0.15) is 12.6 Å². The van der Waals surface area contributed by atoms with Crippen molar-refractivity contribution in [2.45, 2.75) is 111 Å². The number of hydrogen-bond acceptors (Lipinski definition) is 3. The van der Waals surface area contributed by atoms with Crippen LogP contribution in [0.1, 0.15) is 112 Å². The first kappa shape index (κ1) is 27.6. The van der Waals surface area contributed by atoms with Crippen molar-refractivity contribution in [1.29, 1.82) is 0 Å². The van der Waals surface area contributed by atoms with E-state index >= 15 is 0 Å². The Morgan fingerprint density at radius 1 is 0.966 bits per heavy atom. The van der Waals surface area contributed by atoms with Crippen LogP contribution in [-0.4, -0.2) is 23.7 Å². The van der Waals surface area contributed by atoms with Crippen molar-refractivity contribution >= 4 is 5.97 Å². The van der Waals surface area contributed by atoms with Crippen LogP contribution in [0.15, 0.2) is 12.1 Å². The van der Waals surface area contributed by atoms with Gasteiger partial charge in [0.05, 0.1) is 5.97 Å². The van der Waals surface area contributed by atoms with Crippen LogP contribution in [0.4, 0.5) is 0 Å². The standard InChI is InChI=1S/C13H18O2.C12H27NO/c1-4-5-6-11-9(2)7-8-12(10(11)3)13(14)15;1-2-3-4-5-6-7-8-9-10-12(14)11-13/h7-8H,4-6H2,1-3H3,(H,14,15);12,14H,2-11,13H2,1H3. The average molecular weight is 408 g/mol. The van der Waals surface area contributed by atoms with E-state index in [4.69, 9.17) is 0 Å². The number of benzene rings is 1. The Morgan fingerprint density at radius 3 is 2.03 bits per heavy atom. The van der Waals surface area contributed by atoms with Crippen LogP contribution >= 0.6 is 0 Å². The zero-order valence-corrected chi connectivity index (χ0v) is 19.4. The minimum atomic E-state index is -1.08. The highest BCUT2D eigenvalue weighted by Crippen LogP contribution is 2.20. The van der Waals surface area contributed by atoms with Crippen LogP contribution in [-0.2, 0) is 6.42 Å². The number of quaternary nitrogens is 1. The number of aryl methyl sites for hydroxylation is 1. The van der Waals surface area contributed by atoms with Gasteiger partial charge in [0, 0.05) is 5.56 Å². The monoisotopic (exact) mass is 407 g/mol. The molecule has 1 unspecified atom stereocenters. The van der Waals surface area contributed by atoms with Crippen LogP contribution in [0.2, 0.25) is 0 Å². The van der Waals surface area contributed by atoms with E-state index in [1.807, 2.05) is 19.9 Å². The molecular formula is C25H45NO3. The summed E-state index contributed by atoms with van der Waals surface area (Å²) in [4.78, 5) is 10.8. The molecule has 1 aromatic rings. The smallest absolute Gasteiger partial charge is 0.103 e. The van der Waals surface area contributed by atoms with E-state index in [-0.39, 0.29) is 6.10 Å². The summed E-state index contributed by atoms with van der Waals surface area (Å²) in [7, 11) is 0. The highest BCUT2D eigenvalue weighted by molar-refractivity contribution is 5.88. The average Bonchev–Trinajstić information content (AvgIpc) is 2.70. The highest BCUT2D eigenvalue weighted by Gasteiger charge is 2.07. The van der Waals surface area contributed by atoms with E-state index in [0.29, 0.717) is 12.1 Å². The molecule has 1 atom stereocenters. The van der Waals surface area contributed by atoms with Crippen molar-refractivity contribution in [3.8, 4) is 0 Å². The van der Waals surface area contributed by atoms with Crippen LogP contribution < -0.4 is 10.8 Å². The summed E-state index contributed by atoms with van der Waals surface area (Å²) < 4.78 is 0. The number of carboxylic acids is 1. The van der Waals surface area contributed by atoms with E-state index in [9.17, 15) is 15.0 Å². The highest BCUT2D eigenvalue weighted by atomic mass is 16.4. The lowest BCUT2D eigenvalue weighted by Gasteiger charge is -2.14. The van der Waals surface area contributed by atoms with Gasteiger partial charge in [-0.15, -0.1) is 0 Å². The predicted molar refractivity (Wildman–Crippen MR) is 120 cm³/mol. The van der Waals surface area contributed by atoms with Crippen molar-refractivity contribution in [2.24, 2.45) is 0 Å². The van der Waals surface area contributed by atoms with Gasteiger partial charge >= 0.3 is 0 Å². The maximum Gasteiger partial charge on any atom is 0.103 e. The summed E-state index contributed by atoms with van der Waals surface area (Å²) in [5.74, 6) is -1.08. The molecule has 0 aliphatic rings. The third kappa shape index (κ3) is 12.7. The molecule has 0 bridgehead atoms. The topological polar surface area (TPSA) is 88.0 Å². The van der Waals surface area contributed by atoms with Crippen LogP contribution in [0.5, 0.6) is 0 Å². The van der Waals surface area contributed by atoms with Gasteiger partial charge in [-0.05, 0) is 49.8 Å². The van der Waals surface area contributed by atoms with Crippen molar-refractivity contribution < 1.29 is 20.7 Å². The molecule has 0 saturated carbocycles. The number of carbonyl (C=O) groups is 1. The molecule has 0 aliphatic carbocycles. The second-order valence-corrected chi connectivity index (χ2v) is 8.13. The summed E-state index contributed by atoms with van der Waals surface area (Å²) in [6.45, 7) is 8.93. The van der Waals surface area contributed by atoms with Gasteiger partial charge in [-0.25, -0.2) is 0 Å². The lowest BCUT2D eigenvalue weighted by molar-refractivity contribution is -0.384. The largest absolute Gasteiger partial charge is 0.545 e. The maximum atomic E-state index is 10.8. The number of carboxylic acid groups (broad SMARTS) is 1. The zero-order valence-electron chi connectivity index (χ0n) is 19.4. The fourth-order valence-corrected chi connectivity index (χ4v) is 3.51. The van der Waals surface area contributed by atoms with E-state index in [0.717, 1.165) is 31.2 Å². The fraction of sp³-hybridized carbons (Fsp3) is 0.720. The number of carbonyl (C=O) groups excluding carboxylic acids is 1. The van der Waals surface area contributed by atoms with Crippen molar-refractivity contribution in [1.82, 2.24) is 0 Å². The molecular weight excluding hydrogens is 362 g/mol. The summed E-state index contributed by atoms with van der Waals surface area (Å²) in [6, 6.07) is 3.50. The van der Waals surface area contributed by atoms with Crippen LogP contribution in [0.25, 0.3) is 0 Å². The summed E-state index contributed by atoms with van der Waals surface area (Å²) >= 11 is 0. The third-order valence-corrected chi connectivity index (χ3v) is 5.56. The van der Waals surface area contributed by atoms with Crippen molar-refractivity contribution in [3.05, 3.63) is 34.4 Å². The summed E-state index contributed by atoms with van der Waals surface area (Å²) in [5.41, 5.74) is 7.21. The molecule has 0 spiro atoms. The Bertz CT molecular complexity index is 557. The molecule has 0 amide bonds. The lowest BCUT2D eigenvalue weighted by atomic mass is 9.94. The molecule has 29 heavy (non-hydrogen) atoms. The quantitative estimate of drug-likeness (QED) is 0.455. The Morgan fingerprint density at radius 2 is 1.52 bits per heavy atom. The van der Waals surface area contributed by atoms with Gasteiger partial charge in [0.15, 0.2) is 0 Å². The first-order chi connectivity index (χ1) is 13.9. The van der Waals surface area contributed by atoms with Crippen molar-refractivity contribution in [2.75, 3.05) is 6.54 Å². The second-order valence-electron chi connectivity index (χ2n) is 8.13. The Kier molecular flexibility index (Phi) is 16.6. The van der Waals surface area contributed by atoms with E-state index in [1.54, 1.807) is 6.07 Å². The van der Waals surface area contributed by atoms with Crippen LogP contribution in [0.3, 0.4) is 0 Å². The molecule has 1 rings (SSSR count). The minimum absolute atomic E-state index is 0.157. The number of hydrogen-bond donors (Lipinski definition) is 2. The normalized spacial score (nSPS) is 11.7. The first-order valence-electron chi connectivity index (χ1n) is 11.7. The molecule has 168 valence electrons. The molecule has 4 N–H and O–H groups in total. The Balaban J connectivity index is 0.000000543. The maximum absolute atomic E-state index is 10.8. The molecule has 0 heterocycles. The first-order valence-corrected chi connectivity index (χ1v) is 11.7.